The number of fused-ring (bicyclic) bond motifs is 1. The molecular formula is C21H19NO10. The largest absolute Gasteiger partial charge is 0.508 e. The third-order valence-corrected chi connectivity index (χ3v) is 5.57. The average molecular weight is 445 g/mol. The Labute approximate surface area is 180 Å². The van der Waals surface area contributed by atoms with Gasteiger partial charge in [0, 0.05) is 17.5 Å². The van der Waals surface area contributed by atoms with Crippen molar-refractivity contribution in [2.45, 2.75) is 17.7 Å². The van der Waals surface area contributed by atoms with Crippen molar-refractivity contribution in [3.8, 4) is 28.7 Å². The highest BCUT2D eigenvalue weighted by atomic mass is 16.5. The Hall–Kier alpha value is -3.96. The Morgan fingerprint density at radius 2 is 1.69 bits per heavy atom. The fourth-order valence-corrected chi connectivity index (χ4v) is 4.00. The van der Waals surface area contributed by atoms with Crippen LogP contribution in [0, 0.1) is 5.92 Å². The van der Waals surface area contributed by atoms with Gasteiger partial charge in [-0.15, -0.1) is 0 Å². The molecule has 11 heteroatoms. The molecule has 0 amide bonds. The van der Waals surface area contributed by atoms with Crippen molar-refractivity contribution in [2.75, 3.05) is 6.61 Å². The van der Waals surface area contributed by atoms with E-state index in [2.05, 4.69) is 4.99 Å². The van der Waals surface area contributed by atoms with Gasteiger partial charge in [0.1, 0.15) is 11.5 Å². The lowest BCUT2D eigenvalue weighted by atomic mass is 9.72. The molecule has 2 atom stereocenters. The summed E-state index contributed by atoms with van der Waals surface area (Å²) in [5.74, 6) is -9.03. The highest BCUT2D eigenvalue weighted by molar-refractivity contribution is 5.95. The maximum absolute atomic E-state index is 12.6. The first-order valence-corrected chi connectivity index (χ1v) is 9.36. The predicted molar refractivity (Wildman–Crippen MR) is 107 cm³/mol. The number of hydrogen-bond donors (Lipinski definition) is 8. The molecule has 2 aliphatic rings. The third kappa shape index (κ3) is 3.15. The minimum Gasteiger partial charge on any atom is -0.508 e. The molecule has 0 saturated heterocycles. The van der Waals surface area contributed by atoms with Crippen molar-refractivity contribution in [2.24, 2.45) is 10.9 Å². The van der Waals surface area contributed by atoms with Gasteiger partial charge < -0.3 is 45.6 Å². The number of phenols is 4. The highest BCUT2D eigenvalue weighted by Gasteiger charge is 2.54. The molecule has 168 valence electrons. The van der Waals surface area contributed by atoms with Crippen molar-refractivity contribution in [1.82, 2.24) is 0 Å². The molecule has 2 unspecified atom stereocenters. The minimum atomic E-state index is -2.98. The van der Waals surface area contributed by atoms with E-state index in [4.69, 9.17) is 4.74 Å². The Bertz CT molecular complexity index is 1160. The minimum absolute atomic E-state index is 0.0340. The highest BCUT2D eigenvalue weighted by Crippen LogP contribution is 2.48. The van der Waals surface area contributed by atoms with Crippen molar-refractivity contribution in [3.63, 3.8) is 0 Å². The van der Waals surface area contributed by atoms with Crippen LogP contribution in [-0.2, 0) is 16.8 Å². The molecule has 32 heavy (non-hydrogen) atoms. The summed E-state index contributed by atoms with van der Waals surface area (Å²) in [7, 11) is 0. The summed E-state index contributed by atoms with van der Waals surface area (Å²) in [4.78, 5) is 16.2. The molecule has 8 N–H and O–H groups in total. The molecule has 0 aromatic heterocycles. The smallest absolute Gasteiger partial charge is 0.340 e. The Morgan fingerprint density at radius 3 is 2.31 bits per heavy atom. The van der Waals surface area contributed by atoms with E-state index in [0.717, 1.165) is 18.2 Å². The molecule has 0 aliphatic carbocycles. The van der Waals surface area contributed by atoms with E-state index in [1.807, 2.05) is 0 Å². The van der Waals surface area contributed by atoms with Gasteiger partial charge in [-0.25, -0.2) is 9.79 Å². The second-order valence-electron chi connectivity index (χ2n) is 7.64. The molecule has 0 radical (unpaired) electrons. The quantitative estimate of drug-likeness (QED) is 0.188. The van der Waals surface area contributed by atoms with Crippen LogP contribution in [0.15, 0.2) is 47.0 Å². The zero-order chi connectivity index (χ0) is 23.4. The molecule has 11 nitrogen and oxygen atoms in total. The van der Waals surface area contributed by atoms with Crippen LogP contribution in [0.2, 0.25) is 0 Å². The van der Waals surface area contributed by atoms with E-state index in [-0.39, 0.29) is 29.9 Å². The van der Waals surface area contributed by atoms with Crippen molar-refractivity contribution in [1.29, 1.82) is 0 Å². The van der Waals surface area contributed by atoms with Crippen LogP contribution < -0.4 is 4.74 Å². The number of phenolic OH excluding ortho intramolecular Hbond substituents is 4. The topological polar surface area (TPSA) is 200 Å². The Kier molecular flexibility index (Phi) is 4.68. The van der Waals surface area contributed by atoms with E-state index >= 15 is 0 Å². The monoisotopic (exact) mass is 445 g/mol. The summed E-state index contributed by atoms with van der Waals surface area (Å²) in [5, 5.41) is 79.8. The van der Waals surface area contributed by atoms with Crippen molar-refractivity contribution >= 4 is 11.9 Å². The van der Waals surface area contributed by atoms with Gasteiger partial charge in [-0.1, -0.05) is 6.07 Å². The van der Waals surface area contributed by atoms with E-state index in [1.165, 1.54) is 12.1 Å². The summed E-state index contributed by atoms with van der Waals surface area (Å²) < 4.78 is 5.63. The first-order valence-electron chi connectivity index (χ1n) is 9.36. The number of carbonyl (C=O) groups is 1. The summed E-state index contributed by atoms with van der Waals surface area (Å²) in [6.07, 6.45) is 0.878. The first kappa shape index (κ1) is 21.3. The van der Waals surface area contributed by atoms with Gasteiger partial charge in [0.05, 0.1) is 6.61 Å². The average Bonchev–Trinajstić information content (AvgIpc) is 2.72. The van der Waals surface area contributed by atoms with Gasteiger partial charge in [0.2, 0.25) is 11.4 Å². The Balaban J connectivity index is 1.92. The standard InChI is InChI=1S/C21H19NO10/c23-12-2-1-9-3-10(8-32-16(9)6-12)13-7-20(30,31)18(27)22-21(13,19(28)29)11-4-14(24)17(26)15(25)5-11/h1-2,4-7,10,23-26,30-31H,3,8H2,(H,22,27)(H,28,29). The number of benzene rings is 2. The fourth-order valence-electron chi connectivity index (χ4n) is 4.00. The molecule has 0 spiro atoms. The number of nitrogens with zero attached hydrogens (tertiary/aromatic N) is 1. The summed E-state index contributed by atoms with van der Waals surface area (Å²) in [5.41, 5.74) is -2.46. The summed E-state index contributed by atoms with van der Waals surface area (Å²) in [6.45, 7) is -0.139. The molecule has 2 aromatic carbocycles. The molecule has 2 aliphatic heterocycles. The number of aromatic hydroxyl groups is 4. The van der Waals surface area contributed by atoms with Crippen LogP contribution in [0.1, 0.15) is 11.1 Å². The van der Waals surface area contributed by atoms with E-state index in [9.17, 15) is 45.6 Å². The first-order chi connectivity index (χ1) is 15.0. The maximum atomic E-state index is 12.6. The van der Waals surface area contributed by atoms with Crippen LogP contribution in [0.25, 0.3) is 0 Å². The normalized spacial score (nSPS) is 24.0. The van der Waals surface area contributed by atoms with E-state index in [1.54, 1.807) is 6.07 Å². The fraction of sp³-hybridized carbons (Fsp3) is 0.238. The number of dihydropyridines is 1. The number of carboxylic acids is 1. The molecule has 0 fully saturated rings. The van der Waals surface area contributed by atoms with Crippen LogP contribution in [0.5, 0.6) is 28.7 Å². The zero-order valence-electron chi connectivity index (χ0n) is 16.3. The van der Waals surface area contributed by atoms with Gasteiger partial charge in [-0.3, -0.25) is 0 Å². The molecular weight excluding hydrogens is 426 g/mol. The Morgan fingerprint density at radius 1 is 1.03 bits per heavy atom. The predicted octanol–water partition coefficient (Wildman–Crippen LogP) is 0.618. The third-order valence-electron chi connectivity index (χ3n) is 5.57. The number of aliphatic hydroxyl groups is 3. The number of rotatable bonds is 3. The van der Waals surface area contributed by atoms with Gasteiger partial charge in [0.25, 0.3) is 5.79 Å². The lowest BCUT2D eigenvalue weighted by molar-refractivity contribution is -0.143. The maximum Gasteiger partial charge on any atom is 0.340 e. The van der Waals surface area contributed by atoms with Gasteiger partial charge >= 0.3 is 5.97 Å². The van der Waals surface area contributed by atoms with E-state index < -0.39 is 46.4 Å². The van der Waals surface area contributed by atoms with Crippen LogP contribution in [-0.4, -0.2) is 65.1 Å². The number of carboxylic acid groups (broad SMARTS) is 1. The summed E-state index contributed by atoms with van der Waals surface area (Å²) >= 11 is 0. The molecule has 4 rings (SSSR count). The number of hydrogen-bond acceptors (Lipinski definition) is 9. The number of aliphatic hydroxyl groups excluding tert-OH is 1. The SMILES string of the molecule is O=C(O)C1(c2cc(O)c(O)c(O)c2)N=C(O)C(O)(O)C=C1C1COc2cc(O)ccc2C1. The number of aliphatic carboxylic acids is 1. The van der Waals surface area contributed by atoms with Crippen molar-refractivity contribution < 1.29 is 50.4 Å². The lowest BCUT2D eigenvalue weighted by Gasteiger charge is -2.40. The molecule has 2 aromatic rings. The number of ether oxygens (including phenoxy) is 1. The second-order valence-corrected chi connectivity index (χ2v) is 7.64. The zero-order valence-corrected chi connectivity index (χ0v) is 16.3. The van der Waals surface area contributed by atoms with Crippen LogP contribution >= 0.6 is 0 Å². The van der Waals surface area contributed by atoms with Crippen LogP contribution in [0.4, 0.5) is 0 Å². The molecule has 0 saturated carbocycles. The van der Waals surface area contributed by atoms with Gasteiger partial charge in [-0.2, -0.15) is 0 Å². The van der Waals surface area contributed by atoms with Gasteiger partial charge in [0.15, 0.2) is 17.2 Å². The lowest BCUT2D eigenvalue weighted by Crippen LogP contribution is -2.50. The second kappa shape index (κ2) is 7.04. The van der Waals surface area contributed by atoms with Crippen LogP contribution in [0.3, 0.4) is 0 Å². The summed E-state index contributed by atoms with van der Waals surface area (Å²) in [6, 6.07) is 6.03. The van der Waals surface area contributed by atoms with E-state index in [0.29, 0.717) is 11.3 Å². The van der Waals surface area contributed by atoms with Gasteiger partial charge in [-0.05, 0) is 41.8 Å². The number of aliphatic imine (C=N–C) groups is 1. The van der Waals surface area contributed by atoms with Crippen molar-refractivity contribution in [3.05, 3.63) is 53.1 Å². The molecule has 0 bridgehead atoms. The molecule has 2 heterocycles.